The van der Waals surface area contributed by atoms with E-state index in [0.29, 0.717) is 38.2 Å². The van der Waals surface area contributed by atoms with Gasteiger partial charge in [-0.25, -0.2) is 0 Å². The predicted molar refractivity (Wildman–Crippen MR) is 104 cm³/mol. The molecule has 0 spiro atoms. The Morgan fingerprint density at radius 2 is 1.77 bits per heavy atom. The first-order valence-electron chi connectivity index (χ1n) is 8.54. The van der Waals surface area contributed by atoms with Gasteiger partial charge in [-0.2, -0.15) is 0 Å². The Morgan fingerprint density at radius 1 is 1.08 bits per heavy atom. The minimum absolute atomic E-state index is 0. The van der Waals surface area contributed by atoms with Crippen molar-refractivity contribution >= 4 is 24.2 Å². The Morgan fingerprint density at radius 3 is 2.42 bits per heavy atom. The van der Waals surface area contributed by atoms with Crippen LogP contribution in [0.5, 0.6) is 0 Å². The molecule has 5 nitrogen and oxygen atoms in total. The Balaban J connectivity index is 0.00000243. The second kappa shape index (κ2) is 9.36. The molecule has 3 N–H and O–H groups in total. The lowest BCUT2D eigenvalue weighted by Gasteiger charge is -2.17. The number of nitrogens with zero attached hydrogens (tertiary/aromatic N) is 1. The van der Waals surface area contributed by atoms with Gasteiger partial charge in [-0.05, 0) is 23.3 Å². The SMILES string of the molecule is Cl.NCc1ccc(C(=O)NCC2CC(=O)N(Cc3ccccc3)C2)cc1. The van der Waals surface area contributed by atoms with Gasteiger partial charge in [-0.15, -0.1) is 12.4 Å². The zero-order valence-electron chi connectivity index (χ0n) is 14.6. The topological polar surface area (TPSA) is 75.4 Å². The summed E-state index contributed by atoms with van der Waals surface area (Å²) < 4.78 is 0. The van der Waals surface area contributed by atoms with E-state index >= 15 is 0 Å². The first-order valence-corrected chi connectivity index (χ1v) is 8.54. The van der Waals surface area contributed by atoms with Crippen LogP contribution in [0.1, 0.15) is 27.9 Å². The predicted octanol–water partition coefficient (Wildman–Crippen LogP) is 2.35. The van der Waals surface area contributed by atoms with Crippen LogP contribution in [0.3, 0.4) is 0 Å². The van der Waals surface area contributed by atoms with Gasteiger partial charge in [0.2, 0.25) is 5.91 Å². The van der Waals surface area contributed by atoms with Crippen molar-refractivity contribution in [2.24, 2.45) is 11.7 Å². The summed E-state index contributed by atoms with van der Waals surface area (Å²) in [5.74, 6) is 0.191. The van der Waals surface area contributed by atoms with Crippen molar-refractivity contribution < 1.29 is 9.59 Å². The van der Waals surface area contributed by atoms with Crippen LogP contribution < -0.4 is 11.1 Å². The molecule has 1 saturated heterocycles. The average molecular weight is 374 g/mol. The molecule has 2 amide bonds. The molecule has 1 aliphatic heterocycles. The summed E-state index contributed by atoms with van der Waals surface area (Å²) in [7, 11) is 0. The summed E-state index contributed by atoms with van der Waals surface area (Å²) in [4.78, 5) is 26.3. The van der Waals surface area contributed by atoms with Gasteiger partial charge in [0, 0.05) is 44.1 Å². The molecule has 2 aromatic rings. The van der Waals surface area contributed by atoms with Gasteiger partial charge in [-0.3, -0.25) is 9.59 Å². The molecule has 138 valence electrons. The third kappa shape index (κ3) is 5.07. The van der Waals surface area contributed by atoms with Crippen molar-refractivity contribution in [2.75, 3.05) is 13.1 Å². The van der Waals surface area contributed by atoms with E-state index in [1.165, 1.54) is 0 Å². The van der Waals surface area contributed by atoms with Crippen LogP contribution >= 0.6 is 12.4 Å². The summed E-state index contributed by atoms with van der Waals surface area (Å²) in [6.07, 6.45) is 0.485. The molecular formula is C20H24ClN3O2. The minimum Gasteiger partial charge on any atom is -0.352 e. The summed E-state index contributed by atoms with van der Waals surface area (Å²) in [6, 6.07) is 17.2. The van der Waals surface area contributed by atoms with Gasteiger partial charge in [0.05, 0.1) is 0 Å². The summed E-state index contributed by atoms with van der Waals surface area (Å²) in [5.41, 5.74) is 8.30. The highest BCUT2D eigenvalue weighted by Crippen LogP contribution is 2.19. The zero-order valence-corrected chi connectivity index (χ0v) is 15.4. The molecule has 1 aliphatic rings. The van der Waals surface area contributed by atoms with Crippen molar-refractivity contribution in [2.45, 2.75) is 19.5 Å². The zero-order chi connectivity index (χ0) is 17.6. The largest absolute Gasteiger partial charge is 0.352 e. The number of nitrogens with one attached hydrogen (secondary N) is 1. The van der Waals surface area contributed by atoms with E-state index in [-0.39, 0.29) is 30.1 Å². The molecule has 1 unspecified atom stereocenters. The lowest BCUT2D eigenvalue weighted by Crippen LogP contribution is -2.31. The molecule has 0 saturated carbocycles. The first kappa shape index (κ1) is 19.9. The number of likely N-dealkylation sites (tertiary alicyclic amines) is 1. The van der Waals surface area contributed by atoms with E-state index in [2.05, 4.69) is 5.32 Å². The molecule has 1 atom stereocenters. The summed E-state index contributed by atoms with van der Waals surface area (Å²) in [5, 5.41) is 2.93. The van der Waals surface area contributed by atoms with Crippen LogP contribution in [0.15, 0.2) is 54.6 Å². The number of amides is 2. The number of hydrogen-bond donors (Lipinski definition) is 2. The second-order valence-corrected chi connectivity index (χ2v) is 6.44. The second-order valence-electron chi connectivity index (χ2n) is 6.44. The Bertz CT molecular complexity index is 734. The summed E-state index contributed by atoms with van der Waals surface area (Å²) >= 11 is 0. The van der Waals surface area contributed by atoms with Crippen LogP contribution in [0, 0.1) is 5.92 Å². The van der Waals surface area contributed by atoms with Gasteiger partial charge >= 0.3 is 0 Å². The highest BCUT2D eigenvalue weighted by atomic mass is 35.5. The number of carbonyl (C=O) groups is 2. The standard InChI is InChI=1S/C20H23N3O2.ClH/c21-11-15-6-8-18(9-7-15)20(25)22-12-17-10-19(24)23(14-17)13-16-4-2-1-3-5-16;/h1-9,17H,10-14,21H2,(H,22,25);1H. The maximum Gasteiger partial charge on any atom is 0.251 e. The molecule has 0 radical (unpaired) electrons. The molecular weight excluding hydrogens is 350 g/mol. The number of nitrogens with two attached hydrogens (primary N) is 1. The first-order chi connectivity index (χ1) is 12.2. The third-order valence-electron chi connectivity index (χ3n) is 4.51. The number of hydrogen-bond acceptors (Lipinski definition) is 3. The number of carbonyl (C=O) groups excluding carboxylic acids is 2. The normalized spacial score (nSPS) is 16.3. The van der Waals surface area contributed by atoms with Crippen LogP contribution in [-0.4, -0.2) is 29.8 Å². The number of rotatable bonds is 6. The van der Waals surface area contributed by atoms with Gasteiger partial charge in [0.1, 0.15) is 0 Å². The van der Waals surface area contributed by atoms with Gasteiger partial charge in [0.15, 0.2) is 0 Å². The molecule has 1 fully saturated rings. The molecule has 1 heterocycles. The van der Waals surface area contributed by atoms with Crippen molar-refractivity contribution in [1.29, 1.82) is 0 Å². The fourth-order valence-corrected chi connectivity index (χ4v) is 3.08. The lowest BCUT2D eigenvalue weighted by molar-refractivity contribution is -0.128. The monoisotopic (exact) mass is 373 g/mol. The lowest BCUT2D eigenvalue weighted by atomic mass is 10.1. The number of halogens is 1. The van der Waals surface area contributed by atoms with Gasteiger partial charge in [0.25, 0.3) is 5.91 Å². The van der Waals surface area contributed by atoms with Crippen LogP contribution in [0.4, 0.5) is 0 Å². The van der Waals surface area contributed by atoms with Crippen LogP contribution in [0.25, 0.3) is 0 Å². The molecule has 0 aromatic heterocycles. The third-order valence-corrected chi connectivity index (χ3v) is 4.51. The van der Waals surface area contributed by atoms with Crippen molar-refractivity contribution in [3.63, 3.8) is 0 Å². The van der Waals surface area contributed by atoms with E-state index in [1.54, 1.807) is 12.1 Å². The molecule has 0 bridgehead atoms. The number of benzene rings is 2. The van der Waals surface area contributed by atoms with E-state index in [9.17, 15) is 9.59 Å². The average Bonchev–Trinajstić information content (AvgIpc) is 3.00. The van der Waals surface area contributed by atoms with Crippen molar-refractivity contribution in [3.05, 3.63) is 71.3 Å². The van der Waals surface area contributed by atoms with E-state index in [1.807, 2.05) is 47.4 Å². The maximum atomic E-state index is 12.2. The van der Waals surface area contributed by atoms with E-state index in [0.717, 1.165) is 11.1 Å². The van der Waals surface area contributed by atoms with E-state index < -0.39 is 0 Å². The Labute approximate surface area is 160 Å². The fourth-order valence-electron chi connectivity index (χ4n) is 3.08. The molecule has 26 heavy (non-hydrogen) atoms. The van der Waals surface area contributed by atoms with Gasteiger partial charge in [-0.1, -0.05) is 42.5 Å². The minimum atomic E-state index is -0.113. The maximum absolute atomic E-state index is 12.2. The highest BCUT2D eigenvalue weighted by Gasteiger charge is 2.29. The Kier molecular flexibility index (Phi) is 7.18. The fraction of sp³-hybridized carbons (Fsp3) is 0.300. The summed E-state index contributed by atoms with van der Waals surface area (Å²) in [6.45, 7) is 2.28. The Hall–Kier alpha value is -2.37. The van der Waals surface area contributed by atoms with Crippen molar-refractivity contribution in [3.8, 4) is 0 Å². The highest BCUT2D eigenvalue weighted by molar-refractivity contribution is 5.94. The molecule has 3 rings (SSSR count). The smallest absolute Gasteiger partial charge is 0.251 e. The quantitative estimate of drug-likeness (QED) is 0.816. The van der Waals surface area contributed by atoms with Crippen LogP contribution in [-0.2, 0) is 17.9 Å². The molecule has 0 aliphatic carbocycles. The van der Waals surface area contributed by atoms with Gasteiger partial charge < -0.3 is 16.0 Å². The molecule has 6 heteroatoms. The van der Waals surface area contributed by atoms with E-state index in [4.69, 9.17) is 5.73 Å². The molecule has 2 aromatic carbocycles. The van der Waals surface area contributed by atoms with Crippen molar-refractivity contribution in [1.82, 2.24) is 10.2 Å². The van der Waals surface area contributed by atoms with Crippen LogP contribution in [0.2, 0.25) is 0 Å².